The number of anilines is 1. The van der Waals surface area contributed by atoms with E-state index in [2.05, 4.69) is 10.3 Å². The van der Waals surface area contributed by atoms with Gasteiger partial charge in [-0.25, -0.2) is 4.79 Å². The largest absolute Gasteiger partial charge is 0.370 e. The number of hydrogen-bond donors (Lipinski definition) is 2. The lowest BCUT2D eigenvalue weighted by atomic mass is 9.95. The van der Waals surface area contributed by atoms with Gasteiger partial charge in [-0.05, 0) is 49.4 Å². The molecule has 3 rings (SSSR count). The zero-order chi connectivity index (χ0) is 17.1. The van der Waals surface area contributed by atoms with Gasteiger partial charge in [0.05, 0.1) is 11.2 Å². The maximum atomic E-state index is 12.6. The Morgan fingerprint density at radius 3 is 3.04 bits per heavy atom. The van der Waals surface area contributed by atoms with E-state index in [9.17, 15) is 9.59 Å². The van der Waals surface area contributed by atoms with E-state index < -0.39 is 0 Å². The molecule has 0 bridgehead atoms. The van der Waals surface area contributed by atoms with E-state index in [1.54, 1.807) is 11.1 Å². The molecule has 3 N–H and O–H groups in total. The van der Waals surface area contributed by atoms with Gasteiger partial charge in [-0.3, -0.25) is 9.78 Å². The number of carbonyl (C=O) groups excluding carboxylic acids is 2. The number of benzene rings is 1. The fraction of sp³-hybridized carbons (Fsp3) is 0.389. The Balaban J connectivity index is 1.76. The second kappa shape index (κ2) is 6.86. The number of nitrogens with zero attached hydrogens (tertiary/aromatic N) is 2. The first-order valence-corrected chi connectivity index (χ1v) is 8.22. The number of nitrogens with one attached hydrogen (secondary N) is 1. The Bertz CT molecular complexity index is 775. The number of pyridine rings is 1. The van der Waals surface area contributed by atoms with Gasteiger partial charge in [0.2, 0.25) is 5.91 Å². The van der Waals surface area contributed by atoms with E-state index in [0.29, 0.717) is 25.2 Å². The Kier molecular flexibility index (Phi) is 4.64. The smallest absolute Gasteiger partial charge is 0.321 e. The third-order valence-electron chi connectivity index (χ3n) is 4.39. The quantitative estimate of drug-likeness (QED) is 0.909. The Labute approximate surface area is 141 Å². The molecule has 1 aliphatic rings. The highest BCUT2D eigenvalue weighted by atomic mass is 16.2. The monoisotopic (exact) mass is 326 g/mol. The van der Waals surface area contributed by atoms with Crippen LogP contribution in [0.2, 0.25) is 0 Å². The number of fused-ring (bicyclic) bond motifs is 1. The first kappa shape index (κ1) is 16.2. The molecule has 0 radical (unpaired) electrons. The molecule has 1 fully saturated rings. The summed E-state index contributed by atoms with van der Waals surface area (Å²) in [6.45, 7) is 3.25. The number of nitrogens with two attached hydrogens (primary N) is 1. The van der Waals surface area contributed by atoms with Gasteiger partial charge in [0.15, 0.2) is 0 Å². The molecule has 24 heavy (non-hydrogen) atoms. The van der Waals surface area contributed by atoms with Crippen LogP contribution in [0, 0.1) is 12.8 Å². The van der Waals surface area contributed by atoms with Crippen LogP contribution >= 0.6 is 0 Å². The van der Waals surface area contributed by atoms with Gasteiger partial charge in [0, 0.05) is 31.1 Å². The number of rotatable bonds is 3. The second-order valence-electron chi connectivity index (χ2n) is 6.44. The van der Waals surface area contributed by atoms with Crippen molar-refractivity contribution in [2.75, 3.05) is 18.4 Å². The molecule has 1 aromatic carbocycles. The van der Waals surface area contributed by atoms with E-state index >= 15 is 0 Å². The van der Waals surface area contributed by atoms with Crippen molar-refractivity contribution in [2.45, 2.75) is 26.2 Å². The molecule has 0 spiro atoms. The van der Waals surface area contributed by atoms with Crippen LogP contribution in [0.4, 0.5) is 10.5 Å². The second-order valence-corrected chi connectivity index (χ2v) is 6.44. The van der Waals surface area contributed by atoms with Gasteiger partial charge in [-0.2, -0.15) is 0 Å². The normalized spacial score (nSPS) is 17.7. The average Bonchev–Trinajstić information content (AvgIpc) is 2.54. The number of piperidine rings is 1. The summed E-state index contributed by atoms with van der Waals surface area (Å²) in [5.41, 5.74) is 7.84. The molecule has 0 saturated carbocycles. The SMILES string of the molecule is Cc1cc(NC(=O)N2CCCC(CC(N)=O)C2)c2ncccc2c1. The minimum Gasteiger partial charge on any atom is -0.370 e. The number of aromatic nitrogens is 1. The minimum absolute atomic E-state index is 0.148. The topological polar surface area (TPSA) is 88.3 Å². The van der Waals surface area contributed by atoms with E-state index in [1.165, 1.54) is 0 Å². The van der Waals surface area contributed by atoms with Crippen LogP contribution < -0.4 is 11.1 Å². The van der Waals surface area contributed by atoms with Crippen molar-refractivity contribution in [3.8, 4) is 0 Å². The van der Waals surface area contributed by atoms with Gasteiger partial charge >= 0.3 is 6.03 Å². The summed E-state index contributed by atoms with van der Waals surface area (Å²) < 4.78 is 0. The van der Waals surface area contributed by atoms with E-state index in [-0.39, 0.29) is 17.9 Å². The predicted molar refractivity (Wildman–Crippen MR) is 93.6 cm³/mol. The van der Waals surface area contributed by atoms with Crippen LogP contribution in [0.3, 0.4) is 0 Å². The van der Waals surface area contributed by atoms with Crippen molar-refractivity contribution in [3.63, 3.8) is 0 Å². The number of likely N-dealkylation sites (tertiary alicyclic amines) is 1. The first-order chi connectivity index (χ1) is 11.5. The Morgan fingerprint density at radius 1 is 1.42 bits per heavy atom. The van der Waals surface area contributed by atoms with Crippen molar-refractivity contribution in [1.29, 1.82) is 0 Å². The van der Waals surface area contributed by atoms with Crippen molar-refractivity contribution in [3.05, 3.63) is 36.0 Å². The molecule has 6 heteroatoms. The third kappa shape index (κ3) is 3.64. The van der Waals surface area contributed by atoms with Gasteiger partial charge < -0.3 is 16.0 Å². The summed E-state index contributed by atoms with van der Waals surface area (Å²) in [6, 6.07) is 7.68. The molecule has 6 nitrogen and oxygen atoms in total. The molecule has 2 heterocycles. The fourth-order valence-corrected chi connectivity index (χ4v) is 3.33. The highest BCUT2D eigenvalue weighted by molar-refractivity contribution is 6.00. The van der Waals surface area contributed by atoms with E-state index in [1.807, 2.05) is 31.2 Å². The molecule has 2 aromatic rings. The first-order valence-electron chi connectivity index (χ1n) is 8.22. The summed E-state index contributed by atoms with van der Waals surface area (Å²) in [5.74, 6) is -0.162. The third-order valence-corrected chi connectivity index (χ3v) is 4.39. The molecule has 0 aliphatic carbocycles. The molecule has 126 valence electrons. The van der Waals surface area contributed by atoms with Crippen LogP contribution in [-0.4, -0.2) is 34.9 Å². The van der Waals surface area contributed by atoms with Crippen LogP contribution in [0.1, 0.15) is 24.8 Å². The Hall–Kier alpha value is -2.63. The van der Waals surface area contributed by atoms with Crippen molar-refractivity contribution < 1.29 is 9.59 Å². The lowest BCUT2D eigenvalue weighted by Crippen LogP contribution is -2.43. The van der Waals surface area contributed by atoms with Gasteiger partial charge in [-0.15, -0.1) is 0 Å². The zero-order valence-electron chi connectivity index (χ0n) is 13.8. The molecule has 1 aliphatic heterocycles. The summed E-state index contributed by atoms with van der Waals surface area (Å²) in [6.07, 6.45) is 3.87. The van der Waals surface area contributed by atoms with Crippen molar-refractivity contribution in [2.24, 2.45) is 11.7 Å². The van der Waals surface area contributed by atoms with E-state index in [4.69, 9.17) is 5.73 Å². The fourth-order valence-electron chi connectivity index (χ4n) is 3.33. The number of urea groups is 1. The van der Waals surface area contributed by atoms with Crippen LogP contribution in [0.5, 0.6) is 0 Å². The van der Waals surface area contributed by atoms with Crippen LogP contribution in [0.15, 0.2) is 30.5 Å². The summed E-state index contributed by atoms with van der Waals surface area (Å²) >= 11 is 0. The predicted octanol–water partition coefficient (Wildman–Crippen LogP) is 2.66. The average molecular weight is 326 g/mol. The lowest BCUT2D eigenvalue weighted by molar-refractivity contribution is -0.119. The number of primary amides is 1. The highest BCUT2D eigenvalue weighted by Gasteiger charge is 2.25. The van der Waals surface area contributed by atoms with Crippen molar-refractivity contribution in [1.82, 2.24) is 9.88 Å². The van der Waals surface area contributed by atoms with Gasteiger partial charge in [0.25, 0.3) is 0 Å². The molecular weight excluding hydrogens is 304 g/mol. The van der Waals surface area contributed by atoms with Gasteiger partial charge in [-0.1, -0.05) is 6.07 Å². The molecule has 1 aromatic heterocycles. The summed E-state index contributed by atoms with van der Waals surface area (Å²) in [7, 11) is 0. The molecule has 1 atom stereocenters. The van der Waals surface area contributed by atoms with Gasteiger partial charge in [0.1, 0.15) is 0 Å². The maximum absolute atomic E-state index is 12.6. The number of carbonyl (C=O) groups is 2. The molecule has 3 amide bonds. The molecule has 1 unspecified atom stereocenters. The van der Waals surface area contributed by atoms with E-state index in [0.717, 1.165) is 29.3 Å². The zero-order valence-corrected chi connectivity index (χ0v) is 13.8. The number of aryl methyl sites for hydroxylation is 1. The highest BCUT2D eigenvalue weighted by Crippen LogP contribution is 2.25. The summed E-state index contributed by atoms with van der Waals surface area (Å²) in [5, 5.41) is 3.98. The maximum Gasteiger partial charge on any atom is 0.321 e. The summed E-state index contributed by atoms with van der Waals surface area (Å²) in [4.78, 5) is 29.9. The standard InChI is InChI=1S/C18H22N4O2/c1-12-8-14-5-2-6-20-17(14)15(9-12)21-18(24)22-7-3-4-13(11-22)10-16(19)23/h2,5-6,8-9,13H,3-4,7,10-11H2,1H3,(H2,19,23)(H,21,24). The number of amides is 3. The Morgan fingerprint density at radius 2 is 2.25 bits per heavy atom. The molecular formula is C18H22N4O2. The van der Waals surface area contributed by atoms with Crippen molar-refractivity contribution >= 4 is 28.5 Å². The number of hydrogen-bond acceptors (Lipinski definition) is 3. The molecule has 1 saturated heterocycles. The van der Waals surface area contributed by atoms with Crippen LogP contribution in [-0.2, 0) is 4.79 Å². The lowest BCUT2D eigenvalue weighted by Gasteiger charge is -2.32. The van der Waals surface area contributed by atoms with Crippen LogP contribution in [0.25, 0.3) is 10.9 Å². The minimum atomic E-state index is -0.309.